The molecule has 1 N–H and O–H groups in total. The second-order valence-corrected chi connectivity index (χ2v) is 10.6. The molecule has 2 aromatic heterocycles. The molecule has 4 rings (SSSR count). The molecule has 3 heterocycles. The molecule has 0 saturated carbocycles. The maximum Gasteiger partial charge on any atom is 0.252 e. The first-order valence-corrected chi connectivity index (χ1v) is 11.9. The van der Waals surface area contributed by atoms with Crippen LogP contribution in [-0.2, 0) is 13.1 Å². The Morgan fingerprint density at radius 1 is 1.14 bits per heavy atom. The van der Waals surface area contributed by atoms with Crippen LogP contribution in [0.2, 0.25) is 0 Å². The highest BCUT2D eigenvalue weighted by atomic mass is 19.3. The second kappa shape index (κ2) is 9.60. The van der Waals surface area contributed by atoms with Crippen LogP contribution in [0.5, 0.6) is 0 Å². The Balaban J connectivity index is 1.50. The summed E-state index contributed by atoms with van der Waals surface area (Å²) < 4.78 is 43.3. The van der Waals surface area contributed by atoms with Crippen molar-refractivity contribution >= 4 is 17.0 Å². The number of rotatable bonds is 6. The fraction of sp³-hybridized carbons (Fsp3) is 0.500. The summed E-state index contributed by atoms with van der Waals surface area (Å²) in [6.07, 6.45) is 1.29. The minimum Gasteiger partial charge on any atom is -0.348 e. The Morgan fingerprint density at radius 2 is 1.86 bits per heavy atom. The normalized spacial score (nSPS) is 17.5. The van der Waals surface area contributed by atoms with Crippen LogP contribution in [0.15, 0.2) is 41.3 Å². The van der Waals surface area contributed by atoms with E-state index in [1.807, 2.05) is 17.9 Å². The number of aromatic nitrogens is 3. The van der Waals surface area contributed by atoms with Crippen molar-refractivity contribution in [3.05, 3.63) is 63.8 Å². The first-order chi connectivity index (χ1) is 16.4. The molecule has 9 heteroatoms. The topological polar surface area (TPSA) is 63.1 Å². The number of piperidine rings is 1. The summed E-state index contributed by atoms with van der Waals surface area (Å²) >= 11 is 0. The molecule has 188 valence electrons. The third-order valence-electron chi connectivity index (χ3n) is 6.26. The van der Waals surface area contributed by atoms with Gasteiger partial charge < -0.3 is 5.32 Å². The largest absolute Gasteiger partial charge is 0.348 e. The predicted molar refractivity (Wildman–Crippen MR) is 131 cm³/mol. The van der Waals surface area contributed by atoms with E-state index >= 15 is 0 Å². The zero-order chi connectivity index (χ0) is 25.4. The zero-order valence-corrected chi connectivity index (χ0v) is 20.6. The Kier molecular flexibility index (Phi) is 6.90. The van der Waals surface area contributed by atoms with Gasteiger partial charge in [0.2, 0.25) is 5.95 Å². The van der Waals surface area contributed by atoms with Crippen LogP contribution in [-0.4, -0.2) is 38.4 Å². The number of hydrogen-bond donors (Lipinski definition) is 1. The van der Waals surface area contributed by atoms with Crippen molar-refractivity contribution in [1.29, 1.82) is 0 Å². The maximum atomic E-state index is 14.8. The standard InChI is InChI=1S/C26H32F3N5O/c1-17(18-5-6-20(21(27)13-18)15-33-11-9-26(28,29)10-12-33)31-24-30-14-19-7-8-22(35)34(23(19)32-24)16-25(2,3)4/h5-8,13-14,17H,9-12,15-16H2,1-4H3,(H,30,31,32). The first kappa shape index (κ1) is 25.2. The summed E-state index contributed by atoms with van der Waals surface area (Å²) in [7, 11) is 0. The van der Waals surface area contributed by atoms with E-state index in [0.717, 1.165) is 5.39 Å². The van der Waals surface area contributed by atoms with Crippen molar-refractivity contribution in [2.45, 2.75) is 65.6 Å². The lowest BCUT2D eigenvalue weighted by molar-refractivity contribution is -0.0567. The van der Waals surface area contributed by atoms with E-state index in [-0.39, 0.29) is 48.8 Å². The molecule has 35 heavy (non-hydrogen) atoms. The highest BCUT2D eigenvalue weighted by Gasteiger charge is 2.34. The maximum absolute atomic E-state index is 14.8. The smallest absolute Gasteiger partial charge is 0.252 e. The average Bonchev–Trinajstić information content (AvgIpc) is 2.77. The average molecular weight is 488 g/mol. The molecule has 1 aliphatic heterocycles. The number of pyridine rings is 1. The number of alkyl halides is 2. The lowest BCUT2D eigenvalue weighted by Crippen LogP contribution is -2.39. The molecule has 0 aliphatic carbocycles. The number of hydrogen-bond acceptors (Lipinski definition) is 5. The Hall–Kier alpha value is -2.94. The summed E-state index contributed by atoms with van der Waals surface area (Å²) in [4.78, 5) is 23.3. The van der Waals surface area contributed by atoms with Gasteiger partial charge in [-0.1, -0.05) is 32.9 Å². The van der Waals surface area contributed by atoms with Gasteiger partial charge in [0.15, 0.2) is 0 Å². The summed E-state index contributed by atoms with van der Waals surface area (Å²) in [5, 5.41) is 3.96. The molecule has 1 fully saturated rings. The van der Waals surface area contributed by atoms with Gasteiger partial charge in [0.05, 0.1) is 6.04 Å². The number of anilines is 1. The first-order valence-electron chi connectivity index (χ1n) is 11.9. The van der Waals surface area contributed by atoms with Gasteiger partial charge in [0.1, 0.15) is 11.5 Å². The zero-order valence-electron chi connectivity index (χ0n) is 20.6. The predicted octanol–water partition coefficient (Wildman–Crippen LogP) is 5.38. The van der Waals surface area contributed by atoms with E-state index in [9.17, 15) is 18.0 Å². The summed E-state index contributed by atoms with van der Waals surface area (Å²) in [6.45, 7) is 9.37. The molecule has 1 atom stereocenters. The van der Waals surface area contributed by atoms with Crippen molar-refractivity contribution in [3.63, 3.8) is 0 Å². The van der Waals surface area contributed by atoms with Gasteiger partial charge in [0.25, 0.3) is 11.5 Å². The highest BCUT2D eigenvalue weighted by Crippen LogP contribution is 2.29. The Morgan fingerprint density at radius 3 is 2.51 bits per heavy atom. The van der Waals surface area contributed by atoms with Crippen LogP contribution in [0.4, 0.5) is 19.1 Å². The van der Waals surface area contributed by atoms with E-state index in [0.29, 0.717) is 35.8 Å². The summed E-state index contributed by atoms with van der Waals surface area (Å²) in [5.41, 5.74) is 1.50. The molecule has 0 spiro atoms. The summed E-state index contributed by atoms with van der Waals surface area (Å²) in [6, 6.07) is 7.93. The number of nitrogens with one attached hydrogen (secondary N) is 1. The van der Waals surface area contributed by atoms with Crippen LogP contribution >= 0.6 is 0 Å². The second-order valence-electron chi connectivity index (χ2n) is 10.6. The molecular formula is C26H32F3N5O. The van der Waals surface area contributed by atoms with Crippen LogP contribution in [0.3, 0.4) is 0 Å². The van der Waals surface area contributed by atoms with Gasteiger partial charge in [0, 0.05) is 62.2 Å². The third kappa shape index (κ3) is 6.20. The van der Waals surface area contributed by atoms with Crippen LogP contribution in [0, 0.1) is 11.2 Å². The quantitative estimate of drug-likeness (QED) is 0.506. The lowest BCUT2D eigenvalue weighted by Gasteiger charge is -2.31. The molecule has 1 unspecified atom stereocenters. The van der Waals surface area contributed by atoms with Gasteiger partial charge >= 0.3 is 0 Å². The van der Waals surface area contributed by atoms with Gasteiger partial charge in [-0.2, -0.15) is 4.98 Å². The minimum atomic E-state index is -2.62. The number of likely N-dealkylation sites (tertiary alicyclic amines) is 1. The van der Waals surface area contributed by atoms with E-state index in [2.05, 4.69) is 36.1 Å². The van der Waals surface area contributed by atoms with Gasteiger partial charge in [-0.15, -0.1) is 0 Å². The van der Waals surface area contributed by atoms with Crippen molar-refractivity contribution in [2.75, 3.05) is 18.4 Å². The monoisotopic (exact) mass is 487 g/mol. The van der Waals surface area contributed by atoms with E-state index in [4.69, 9.17) is 0 Å². The molecule has 1 aliphatic rings. The van der Waals surface area contributed by atoms with Gasteiger partial charge in [-0.05, 0) is 30.0 Å². The van der Waals surface area contributed by atoms with E-state index < -0.39 is 5.92 Å². The number of halogens is 3. The molecule has 6 nitrogen and oxygen atoms in total. The molecular weight excluding hydrogens is 455 g/mol. The van der Waals surface area contributed by atoms with Crippen molar-refractivity contribution < 1.29 is 13.2 Å². The SMILES string of the molecule is CC(Nc1ncc2ccc(=O)n(CC(C)(C)C)c2n1)c1ccc(CN2CCC(F)(F)CC2)c(F)c1. The van der Waals surface area contributed by atoms with Gasteiger partial charge in [-0.3, -0.25) is 14.3 Å². The number of nitrogens with zero attached hydrogens (tertiary/aromatic N) is 4. The minimum absolute atomic E-state index is 0.113. The fourth-order valence-electron chi connectivity index (χ4n) is 4.29. The Labute approximate surface area is 203 Å². The molecule has 3 aromatic rings. The molecule has 1 saturated heterocycles. The molecule has 0 bridgehead atoms. The van der Waals surface area contributed by atoms with Crippen molar-refractivity contribution in [2.24, 2.45) is 5.41 Å². The number of benzene rings is 1. The highest BCUT2D eigenvalue weighted by molar-refractivity contribution is 5.75. The van der Waals surface area contributed by atoms with Crippen LogP contribution < -0.4 is 10.9 Å². The van der Waals surface area contributed by atoms with E-state index in [1.165, 1.54) is 12.1 Å². The summed E-state index contributed by atoms with van der Waals surface area (Å²) in [5.74, 6) is -2.64. The molecule has 0 amide bonds. The van der Waals surface area contributed by atoms with Crippen molar-refractivity contribution in [3.8, 4) is 0 Å². The lowest BCUT2D eigenvalue weighted by atomic mass is 9.97. The fourth-order valence-corrected chi connectivity index (χ4v) is 4.29. The van der Waals surface area contributed by atoms with Crippen molar-refractivity contribution in [1.82, 2.24) is 19.4 Å². The molecule has 1 aromatic carbocycles. The van der Waals surface area contributed by atoms with Crippen LogP contribution in [0.1, 0.15) is 57.7 Å². The molecule has 0 radical (unpaired) electrons. The Bertz CT molecular complexity index is 1260. The van der Waals surface area contributed by atoms with Gasteiger partial charge in [-0.25, -0.2) is 18.2 Å². The van der Waals surface area contributed by atoms with Crippen LogP contribution in [0.25, 0.3) is 11.0 Å². The third-order valence-corrected chi connectivity index (χ3v) is 6.26. The van der Waals surface area contributed by atoms with E-state index in [1.54, 1.807) is 22.9 Å². The number of fused-ring (bicyclic) bond motifs is 1.